The molecule has 1 heterocycles. The third-order valence-electron chi connectivity index (χ3n) is 2.75. The predicted molar refractivity (Wildman–Crippen MR) is 72.4 cm³/mol. The van der Waals surface area contributed by atoms with Crippen molar-refractivity contribution in [3.05, 3.63) is 20.8 Å². The van der Waals surface area contributed by atoms with Crippen molar-refractivity contribution in [2.75, 3.05) is 7.11 Å². The Morgan fingerprint density at radius 2 is 2.31 bits per heavy atom. The van der Waals surface area contributed by atoms with E-state index >= 15 is 0 Å². The largest absolute Gasteiger partial charge is 0.379 e. The standard InChI is InChI=1S/C11H19BrN2OS/c1-11(2,15-3)6-4-9(14-13)10-8(12)5-7-16-10/h5,7,9,14H,4,6,13H2,1-3H3. The first kappa shape index (κ1) is 14.1. The summed E-state index contributed by atoms with van der Waals surface area (Å²) in [7, 11) is 1.74. The number of hydrogen-bond acceptors (Lipinski definition) is 4. The average molecular weight is 307 g/mol. The molecule has 0 aliphatic carbocycles. The quantitative estimate of drug-likeness (QED) is 0.626. The summed E-state index contributed by atoms with van der Waals surface area (Å²) in [6.07, 6.45) is 1.92. The van der Waals surface area contributed by atoms with Crippen molar-refractivity contribution in [2.24, 2.45) is 5.84 Å². The van der Waals surface area contributed by atoms with E-state index in [9.17, 15) is 0 Å². The molecule has 16 heavy (non-hydrogen) atoms. The minimum Gasteiger partial charge on any atom is -0.379 e. The predicted octanol–water partition coefficient (Wildman–Crippen LogP) is 3.22. The fourth-order valence-electron chi connectivity index (χ4n) is 1.44. The second-order valence-corrected chi connectivity index (χ2v) is 6.16. The molecule has 3 nitrogen and oxygen atoms in total. The van der Waals surface area contributed by atoms with Crippen LogP contribution < -0.4 is 11.3 Å². The highest BCUT2D eigenvalue weighted by Gasteiger charge is 2.21. The van der Waals surface area contributed by atoms with Crippen LogP contribution in [0.4, 0.5) is 0 Å². The van der Waals surface area contributed by atoms with E-state index in [0.29, 0.717) is 0 Å². The summed E-state index contributed by atoms with van der Waals surface area (Å²) >= 11 is 5.24. The second kappa shape index (κ2) is 6.12. The lowest BCUT2D eigenvalue weighted by Crippen LogP contribution is -2.30. The van der Waals surface area contributed by atoms with Gasteiger partial charge in [-0.2, -0.15) is 0 Å². The molecule has 0 saturated heterocycles. The maximum absolute atomic E-state index is 5.60. The van der Waals surface area contributed by atoms with Crippen LogP contribution in [0.3, 0.4) is 0 Å². The molecule has 1 unspecified atom stereocenters. The Hall–Kier alpha value is 0.0600. The van der Waals surface area contributed by atoms with Crippen LogP contribution in [0.15, 0.2) is 15.9 Å². The first-order chi connectivity index (χ1) is 7.50. The van der Waals surface area contributed by atoms with Gasteiger partial charge in [0.25, 0.3) is 0 Å². The molecule has 1 aromatic heterocycles. The van der Waals surface area contributed by atoms with Gasteiger partial charge < -0.3 is 4.74 Å². The Morgan fingerprint density at radius 3 is 2.75 bits per heavy atom. The third kappa shape index (κ3) is 3.82. The second-order valence-electron chi connectivity index (χ2n) is 4.35. The molecule has 1 aromatic rings. The van der Waals surface area contributed by atoms with Crippen LogP contribution in [0.1, 0.15) is 37.6 Å². The average Bonchev–Trinajstić information content (AvgIpc) is 2.66. The van der Waals surface area contributed by atoms with E-state index in [4.69, 9.17) is 10.6 Å². The zero-order valence-corrected chi connectivity index (χ0v) is 12.3. The smallest absolute Gasteiger partial charge is 0.0623 e. The Kier molecular flexibility index (Phi) is 5.40. The third-order valence-corrected chi connectivity index (χ3v) is 4.73. The van der Waals surface area contributed by atoms with Crippen LogP contribution in [0.5, 0.6) is 0 Å². The van der Waals surface area contributed by atoms with Crippen molar-refractivity contribution in [3.63, 3.8) is 0 Å². The first-order valence-corrected chi connectivity index (χ1v) is 6.91. The molecule has 0 aliphatic rings. The molecule has 0 aromatic carbocycles. The molecule has 0 aliphatic heterocycles. The molecule has 0 spiro atoms. The number of nitrogens with two attached hydrogens (primary N) is 1. The summed E-state index contributed by atoms with van der Waals surface area (Å²) in [6, 6.07) is 2.23. The van der Waals surface area contributed by atoms with Gasteiger partial charge in [0.15, 0.2) is 0 Å². The van der Waals surface area contributed by atoms with Gasteiger partial charge in [-0.3, -0.25) is 11.3 Å². The van der Waals surface area contributed by atoms with Crippen molar-refractivity contribution >= 4 is 27.3 Å². The van der Waals surface area contributed by atoms with Gasteiger partial charge in [0.05, 0.1) is 11.6 Å². The topological polar surface area (TPSA) is 47.3 Å². The molecule has 1 rings (SSSR count). The maximum atomic E-state index is 5.60. The molecule has 1 atom stereocenters. The highest BCUT2D eigenvalue weighted by Crippen LogP contribution is 2.32. The maximum Gasteiger partial charge on any atom is 0.0623 e. The van der Waals surface area contributed by atoms with Crippen LogP contribution in [0.25, 0.3) is 0 Å². The summed E-state index contributed by atoms with van der Waals surface area (Å²) in [5.74, 6) is 5.60. The van der Waals surface area contributed by atoms with Gasteiger partial charge in [-0.25, -0.2) is 0 Å². The van der Waals surface area contributed by atoms with E-state index in [-0.39, 0.29) is 11.6 Å². The van der Waals surface area contributed by atoms with Crippen LogP contribution in [0, 0.1) is 0 Å². The normalized spacial score (nSPS) is 14.1. The molecular weight excluding hydrogens is 288 g/mol. The number of hydrogen-bond donors (Lipinski definition) is 2. The van der Waals surface area contributed by atoms with Gasteiger partial charge in [-0.05, 0) is 54.1 Å². The zero-order chi connectivity index (χ0) is 12.2. The fourth-order valence-corrected chi connectivity index (χ4v) is 3.18. The lowest BCUT2D eigenvalue weighted by atomic mass is 9.98. The van der Waals surface area contributed by atoms with Crippen molar-refractivity contribution in [2.45, 2.75) is 38.3 Å². The van der Waals surface area contributed by atoms with E-state index < -0.39 is 0 Å². The van der Waals surface area contributed by atoms with Crippen LogP contribution in [-0.2, 0) is 4.74 Å². The monoisotopic (exact) mass is 306 g/mol. The summed E-state index contributed by atoms with van der Waals surface area (Å²) in [6.45, 7) is 4.17. The van der Waals surface area contributed by atoms with Crippen molar-refractivity contribution in [1.29, 1.82) is 0 Å². The van der Waals surface area contributed by atoms with Gasteiger partial charge in [0.2, 0.25) is 0 Å². The lowest BCUT2D eigenvalue weighted by molar-refractivity contribution is 0.0117. The Balaban J connectivity index is 2.60. The molecular formula is C11H19BrN2OS. The summed E-state index contributed by atoms with van der Waals surface area (Å²) in [5.41, 5.74) is 2.77. The van der Waals surface area contributed by atoms with E-state index in [1.807, 2.05) is 6.07 Å². The highest BCUT2D eigenvalue weighted by atomic mass is 79.9. The fraction of sp³-hybridized carbons (Fsp3) is 0.636. The number of rotatable bonds is 6. The molecule has 0 amide bonds. The van der Waals surface area contributed by atoms with Crippen LogP contribution in [0.2, 0.25) is 0 Å². The zero-order valence-electron chi connectivity index (χ0n) is 9.92. The van der Waals surface area contributed by atoms with E-state index in [1.54, 1.807) is 18.4 Å². The first-order valence-electron chi connectivity index (χ1n) is 5.24. The molecule has 0 saturated carbocycles. The minimum atomic E-state index is -0.0984. The number of nitrogens with one attached hydrogen (secondary N) is 1. The Labute approximate surface area is 109 Å². The van der Waals surface area contributed by atoms with E-state index in [2.05, 4.69) is 40.6 Å². The Morgan fingerprint density at radius 1 is 1.62 bits per heavy atom. The van der Waals surface area contributed by atoms with Crippen molar-refractivity contribution in [3.8, 4) is 0 Å². The minimum absolute atomic E-state index is 0.0984. The van der Waals surface area contributed by atoms with Gasteiger partial charge in [0.1, 0.15) is 0 Å². The van der Waals surface area contributed by atoms with Crippen LogP contribution >= 0.6 is 27.3 Å². The molecule has 0 radical (unpaired) electrons. The molecule has 0 bridgehead atoms. The highest BCUT2D eigenvalue weighted by molar-refractivity contribution is 9.10. The molecule has 92 valence electrons. The van der Waals surface area contributed by atoms with Crippen molar-refractivity contribution in [1.82, 2.24) is 5.43 Å². The van der Waals surface area contributed by atoms with Gasteiger partial charge in [-0.15, -0.1) is 11.3 Å². The number of thiophene rings is 1. The molecule has 0 fully saturated rings. The van der Waals surface area contributed by atoms with Crippen molar-refractivity contribution < 1.29 is 4.74 Å². The van der Waals surface area contributed by atoms with E-state index in [0.717, 1.165) is 17.3 Å². The van der Waals surface area contributed by atoms with Gasteiger partial charge in [-0.1, -0.05) is 0 Å². The number of ether oxygens (including phenoxy) is 1. The number of methoxy groups -OCH3 is 1. The SMILES string of the molecule is COC(C)(C)CCC(NN)c1sccc1Br. The van der Waals surface area contributed by atoms with Gasteiger partial charge >= 0.3 is 0 Å². The van der Waals surface area contributed by atoms with Gasteiger partial charge in [0, 0.05) is 16.5 Å². The number of hydrazine groups is 1. The van der Waals surface area contributed by atoms with E-state index in [1.165, 1.54) is 4.88 Å². The summed E-state index contributed by atoms with van der Waals surface area (Å²) in [4.78, 5) is 1.24. The molecule has 5 heteroatoms. The Bertz CT molecular complexity index is 328. The van der Waals surface area contributed by atoms with Crippen LogP contribution in [-0.4, -0.2) is 12.7 Å². The summed E-state index contributed by atoms with van der Waals surface area (Å²) < 4.78 is 6.52. The lowest BCUT2D eigenvalue weighted by Gasteiger charge is -2.25. The number of halogens is 1. The molecule has 3 N–H and O–H groups in total. The summed E-state index contributed by atoms with van der Waals surface area (Å²) in [5, 5.41) is 2.06.